The van der Waals surface area contributed by atoms with Gasteiger partial charge in [-0.15, -0.1) is 0 Å². The summed E-state index contributed by atoms with van der Waals surface area (Å²) in [5.74, 6) is 0.356. The third-order valence-corrected chi connectivity index (χ3v) is 5.23. The maximum absolute atomic E-state index is 11.6. The van der Waals surface area contributed by atoms with E-state index in [9.17, 15) is 9.90 Å². The molecule has 0 amide bonds. The molecule has 3 rings (SSSR count). The van der Waals surface area contributed by atoms with E-state index in [1.165, 1.54) is 12.8 Å². The second kappa shape index (κ2) is 4.74. The Bertz CT molecular complexity index is 368. The van der Waals surface area contributed by atoms with Crippen molar-refractivity contribution in [3.05, 3.63) is 0 Å². The topological polar surface area (TPSA) is 49.8 Å². The molecular weight excluding hydrogens is 242 g/mol. The summed E-state index contributed by atoms with van der Waals surface area (Å²) in [7, 11) is 0. The van der Waals surface area contributed by atoms with Gasteiger partial charge in [0.1, 0.15) is 6.04 Å². The monoisotopic (exact) mass is 267 g/mol. The third-order valence-electron chi connectivity index (χ3n) is 5.23. The van der Waals surface area contributed by atoms with Crippen molar-refractivity contribution in [3.8, 4) is 0 Å². The fourth-order valence-corrected chi connectivity index (χ4v) is 4.39. The largest absolute Gasteiger partial charge is 0.480 e. The SMILES string of the molecule is CC1(C)CCC(CN2CC3CCCC3C2C(=O)O)O1. The van der Waals surface area contributed by atoms with Crippen LogP contribution < -0.4 is 0 Å². The van der Waals surface area contributed by atoms with E-state index in [4.69, 9.17) is 4.74 Å². The summed E-state index contributed by atoms with van der Waals surface area (Å²) < 4.78 is 6.03. The summed E-state index contributed by atoms with van der Waals surface area (Å²) in [4.78, 5) is 13.8. The standard InChI is InChI=1S/C15H25NO3/c1-15(2)7-6-11(19-15)9-16-8-10-4-3-5-12(10)13(16)14(17)18/h10-13H,3-9H2,1-2H3,(H,17,18). The van der Waals surface area contributed by atoms with Gasteiger partial charge in [-0.25, -0.2) is 0 Å². The number of hydrogen-bond donors (Lipinski definition) is 1. The maximum Gasteiger partial charge on any atom is 0.321 e. The molecule has 3 fully saturated rings. The van der Waals surface area contributed by atoms with Crippen molar-refractivity contribution < 1.29 is 14.6 Å². The predicted octanol–water partition coefficient (Wildman–Crippen LogP) is 2.13. The van der Waals surface area contributed by atoms with Crippen molar-refractivity contribution in [1.29, 1.82) is 0 Å². The highest BCUT2D eigenvalue weighted by molar-refractivity contribution is 5.74. The molecule has 1 aliphatic carbocycles. The molecule has 0 aromatic rings. The highest BCUT2D eigenvalue weighted by Crippen LogP contribution is 2.43. The van der Waals surface area contributed by atoms with Crippen LogP contribution in [-0.2, 0) is 9.53 Å². The molecular formula is C15H25NO3. The molecule has 19 heavy (non-hydrogen) atoms. The summed E-state index contributed by atoms with van der Waals surface area (Å²) in [6, 6.07) is -0.264. The summed E-state index contributed by atoms with van der Waals surface area (Å²) in [6.07, 6.45) is 5.87. The van der Waals surface area contributed by atoms with Crippen LogP contribution in [-0.4, -0.2) is 46.8 Å². The van der Waals surface area contributed by atoms with Gasteiger partial charge in [-0.1, -0.05) is 6.42 Å². The van der Waals surface area contributed by atoms with E-state index >= 15 is 0 Å². The van der Waals surface area contributed by atoms with Gasteiger partial charge in [-0.2, -0.15) is 0 Å². The Kier molecular flexibility index (Phi) is 3.34. The molecule has 0 bridgehead atoms. The first kappa shape index (κ1) is 13.4. The second-order valence-electron chi connectivity index (χ2n) is 7.13. The number of carbonyl (C=O) groups is 1. The number of aliphatic carboxylic acids is 1. The number of hydrogen-bond acceptors (Lipinski definition) is 3. The van der Waals surface area contributed by atoms with Crippen molar-refractivity contribution in [2.75, 3.05) is 13.1 Å². The van der Waals surface area contributed by atoms with Gasteiger partial charge in [-0.3, -0.25) is 9.69 Å². The van der Waals surface area contributed by atoms with E-state index in [1.54, 1.807) is 0 Å². The van der Waals surface area contributed by atoms with Crippen molar-refractivity contribution in [2.45, 2.75) is 63.7 Å². The number of nitrogens with zero attached hydrogens (tertiary/aromatic N) is 1. The number of ether oxygens (including phenoxy) is 1. The first-order valence-corrected chi connectivity index (χ1v) is 7.61. The lowest BCUT2D eigenvalue weighted by molar-refractivity contribution is -0.144. The van der Waals surface area contributed by atoms with Gasteiger partial charge in [0.2, 0.25) is 0 Å². The van der Waals surface area contributed by atoms with Gasteiger partial charge in [0.25, 0.3) is 0 Å². The molecule has 0 aromatic carbocycles. The molecule has 108 valence electrons. The molecule has 2 saturated heterocycles. The first-order chi connectivity index (χ1) is 8.96. The van der Waals surface area contributed by atoms with Crippen LogP contribution >= 0.6 is 0 Å². The minimum Gasteiger partial charge on any atom is -0.480 e. The molecule has 4 nitrogen and oxygen atoms in total. The van der Waals surface area contributed by atoms with Crippen LogP contribution in [0.3, 0.4) is 0 Å². The van der Waals surface area contributed by atoms with Crippen molar-refractivity contribution in [3.63, 3.8) is 0 Å². The molecule has 0 aromatic heterocycles. The van der Waals surface area contributed by atoms with E-state index in [0.717, 1.165) is 32.4 Å². The average molecular weight is 267 g/mol. The smallest absolute Gasteiger partial charge is 0.321 e. The normalized spacial score (nSPS) is 41.6. The lowest BCUT2D eigenvalue weighted by Crippen LogP contribution is -2.43. The van der Waals surface area contributed by atoms with Crippen LogP contribution in [0.15, 0.2) is 0 Å². The van der Waals surface area contributed by atoms with Crippen LogP contribution in [0.4, 0.5) is 0 Å². The van der Waals surface area contributed by atoms with E-state index in [0.29, 0.717) is 11.8 Å². The minimum absolute atomic E-state index is 0.0288. The molecule has 4 atom stereocenters. The van der Waals surface area contributed by atoms with Crippen LogP contribution in [0.5, 0.6) is 0 Å². The van der Waals surface area contributed by atoms with Crippen molar-refractivity contribution in [2.24, 2.45) is 11.8 Å². The first-order valence-electron chi connectivity index (χ1n) is 7.61. The number of carboxylic acid groups (broad SMARTS) is 1. The summed E-state index contributed by atoms with van der Waals surface area (Å²) in [5, 5.41) is 9.52. The van der Waals surface area contributed by atoms with E-state index in [-0.39, 0.29) is 17.7 Å². The minimum atomic E-state index is -0.633. The lowest BCUT2D eigenvalue weighted by atomic mass is 9.94. The lowest BCUT2D eigenvalue weighted by Gasteiger charge is -2.28. The molecule has 2 heterocycles. The van der Waals surface area contributed by atoms with Crippen LogP contribution in [0, 0.1) is 11.8 Å². The number of rotatable bonds is 3. The Balaban J connectivity index is 1.66. The Morgan fingerprint density at radius 1 is 1.37 bits per heavy atom. The third kappa shape index (κ3) is 2.52. The summed E-state index contributed by atoms with van der Waals surface area (Å²) in [5.41, 5.74) is -0.0288. The molecule has 4 heteroatoms. The quantitative estimate of drug-likeness (QED) is 0.851. The molecule has 4 unspecified atom stereocenters. The van der Waals surface area contributed by atoms with E-state index < -0.39 is 5.97 Å². The fourth-order valence-electron chi connectivity index (χ4n) is 4.39. The van der Waals surface area contributed by atoms with Crippen LogP contribution in [0.2, 0.25) is 0 Å². The summed E-state index contributed by atoms with van der Waals surface area (Å²) in [6.45, 7) is 6.01. The Morgan fingerprint density at radius 2 is 2.16 bits per heavy atom. The van der Waals surface area contributed by atoms with Crippen LogP contribution in [0.1, 0.15) is 46.0 Å². The molecule has 0 radical (unpaired) electrons. The maximum atomic E-state index is 11.6. The van der Waals surface area contributed by atoms with E-state index in [1.807, 2.05) is 0 Å². The van der Waals surface area contributed by atoms with Crippen molar-refractivity contribution in [1.82, 2.24) is 4.90 Å². The van der Waals surface area contributed by atoms with Gasteiger partial charge in [0, 0.05) is 13.1 Å². The van der Waals surface area contributed by atoms with Gasteiger partial charge in [0.05, 0.1) is 11.7 Å². The second-order valence-corrected chi connectivity index (χ2v) is 7.13. The fraction of sp³-hybridized carbons (Fsp3) is 0.933. The average Bonchev–Trinajstić information content (AvgIpc) is 2.92. The molecule has 1 saturated carbocycles. The van der Waals surface area contributed by atoms with Crippen LogP contribution in [0.25, 0.3) is 0 Å². The van der Waals surface area contributed by atoms with Crippen molar-refractivity contribution >= 4 is 5.97 Å². The Morgan fingerprint density at radius 3 is 2.79 bits per heavy atom. The molecule has 1 N–H and O–H groups in total. The number of carboxylic acids is 1. The zero-order valence-electron chi connectivity index (χ0n) is 12.0. The number of fused-ring (bicyclic) bond motifs is 1. The Labute approximate surface area is 115 Å². The Hall–Kier alpha value is -0.610. The highest BCUT2D eigenvalue weighted by Gasteiger charge is 2.48. The van der Waals surface area contributed by atoms with Gasteiger partial charge >= 0.3 is 5.97 Å². The summed E-state index contributed by atoms with van der Waals surface area (Å²) >= 11 is 0. The zero-order valence-corrected chi connectivity index (χ0v) is 12.0. The van der Waals surface area contributed by atoms with E-state index in [2.05, 4.69) is 18.7 Å². The molecule has 3 aliphatic rings. The van der Waals surface area contributed by atoms with Gasteiger partial charge in [-0.05, 0) is 51.4 Å². The predicted molar refractivity (Wildman–Crippen MR) is 72.0 cm³/mol. The van der Waals surface area contributed by atoms with Gasteiger partial charge in [0.15, 0.2) is 0 Å². The highest BCUT2D eigenvalue weighted by atomic mass is 16.5. The van der Waals surface area contributed by atoms with Gasteiger partial charge < -0.3 is 9.84 Å². The molecule has 2 aliphatic heterocycles. The molecule has 0 spiro atoms. The number of likely N-dealkylation sites (tertiary alicyclic amines) is 1. The zero-order chi connectivity index (χ0) is 13.6.